The zero-order valence-electron chi connectivity index (χ0n) is 11.7. The van der Waals surface area contributed by atoms with Crippen LogP contribution in [0.1, 0.15) is 26.7 Å². The largest absolute Gasteiger partial charge is 0.469 e. The molecule has 1 atom stereocenters. The highest BCUT2D eigenvalue weighted by molar-refractivity contribution is 5.72. The Labute approximate surface area is 109 Å². The van der Waals surface area contributed by atoms with Gasteiger partial charge in [0.1, 0.15) is 0 Å². The number of nitrogens with zero attached hydrogens (tertiary/aromatic N) is 1. The molecule has 5 heteroatoms. The summed E-state index contributed by atoms with van der Waals surface area (Å²) >= 11 is 0. The van der Waals surface area contributed by atoms with Gasteiger partial charge in [-0.3, -0.25) is 4.79 Å². The molecule has 0 saturated carbocycles. The van der Waals surface area contributed by atoms with Gasteiger partial charge in [-0.1, -0.05) is 0 Å². The van der Waals surface area contributed by atoms with E-state index in [2.05, 4.69) is 4.90 Å². The Kier molecular flexibility index (Phi) is 7.23. The van der Waals surface area contributed by atoms with E-state index in [1.54, 1.807) is 0 Å². The quantitative estimate of drug-likeness (QED) is 0.485. The SMILES string of the molecule is CCOC(CCN1CCC(C(=O)OC)C1)OCC. The van der Waals surface area contributed by atoms with Crippen molar-refractivity contribution in [1.29, 1.82) is 0 Å². The molecule has 1 rings (SSSR count). The molecule has 0 aromatic heterocycles. The third-order valence-corrected chi connectivity index (χ3v) is 3.19. The first-order valence-electron chi connectivity index (χ1n) is 6.74. The minimum Gasteiger partial charge on any atom is -0.469 e. The molecule has 1 heterocycles. The summed E-state index contributed by atoms with van der Waals surface area (Å²) < 4.78 is 15.8. The smallest absolute Gasteiger partial charge is 0.310 e. The lowest BCUT2D eigenvalue weighted by molar-refractivity contribution is -0.145. The van der Waals surface area contributed by atoms with E-state index in [9.17, 15) is 4.79 Å². The van der Waals surface area contributed by atoms with Crippen molar-refractivity contribution in [2.75, 3.05) is 40.0 Å². The highest BCUT2D eigenvalue weighted by Gasteiger charge is 2.29. The van der Waals surface area contributed by atoms with Gasteiger partial charge >= 0.3 is 5.97 Å². The first-order chi connectivity index (χ1) is 8.71. The molecule has 0 aliphatic carbocycles. The maximum absolute atomic E-state index is 11.4. The van der Waals surface area contributed by atoms with Gasteiger partial charge in [0.2, 0.25) is 0 Å². The lowest BCUT2D eigenvalue weighted by atomic mass is 10.1. The molecule has 0 aromatic rings. The van der Waals surface area contributed by atoms with Crippen molar-refractivity contribution < 1.29 is 19.0 Å². The number of esters is 1. The van der Waals surface area contributed by atoms with Crippen LogP contribution in [-0.4, -0.2) is 57.1 Å². The number of hydrogen-bond acceptors (Lipinski definition) is 5. The molecule has 1 aliphatic heterocycles. The molecule has 0 radical (unpaired) electrons. The third kappa shape index (κ3) is 4.92. The van der Waals surface area contributed by atoms with Gasteiger partial charge in [-0.25, -0.2) is 0 Å². The Hall–Kier alpha value is -0.650. The number of likely N-dealkylation sites (tertiary alicyclic amines) is 1. The second-order valence-corrected chi connectivity index (χ2v) is 4.44. The van der Waals surface area contributed by atoms with E-state index < -0.39 is 0 Å². The maximum Gasteiger partial charge on any atom is 0.310 e. The van der Waals surface area contributed by atoms with E-state index in [-0.39, 0.29) is 18.2 Å². The molecule has 0 spiro atoms. The zero-order valence-corrected chi connectivity index (χ0v) is 11.7. The first-order valence-corrected chi connectivity index (χ1v) is 6.74. The highest BCUT2D eigenvalue weighted by atomic mass is 16.7. The summed E-state index contributed by atoms with van der Waals surface area (Å²) in [5.41, 5.74) is 0. The normalized spacial score (nSPS) is 20.6. The highest BCUT2D eigenvalue weighted by Crippen LogP contribution is 2.18. The van der Waals surface area contributed by atoms with E-state index in [0.717, 1.165) is 32.5 Å². The summed E-state index contributed by atoms with van der Waals surface area (Å²) in [5.74, 6) is -0.0590. The second-order valence-electron chi connectivity index (χ2n) is 4.44. The lowest BCUT2D eigenvalue weighted by Gasteiger charge is -2.21. The number of ether oxygens (including phenoxy) is 3. The van der Waals surface area contributed by atoms with Crippen LogP contribution < -0.4 is 0 Å². The monoisotopic (exact) mass is 259 g/mol. The van der Waals surface area contributed by atoms with Gasteiger partial charge in [0.15, 0.2) is 6.29 Å². The van der Waals surface area contributed by atoms with Crippen LogP contribution in [-0.2, 0) is 19.0 Å². The summed E-state index contributed by atoms with van der Waals surface area (Å²) in [5, 5.41) is 0. The predicted octanol–water partition coefficient (Wildman–Crippen LogP) is 1.27. The molecule has 106 valence electrons. The predicted molar refractivity (Wildman–Crippen MR) is 68.2 cm³/mol. The zero-order chi connectivity index (χ0) is 13.4. The molecule has 0 amide bonds. The summed E-state index contributed by atoms with van der Waals surface area (Å²) in [6.45, 7) is 7.90. The van der Waals surface area contributed by atoms with Crippen LogP contribution in [0.5, 0.6) is 0 Å². The molecule has 18 heavy (non-hydrogen) atoms. The van der Waals surface area contributed by atoms with Gasteiger partial charge in [-0.15, -0.1) is 0 Å². The molecule has 0 N–H and O–H groups in total. The van der Waals surface area contributed by atoms with Gasteiger partial charge in [-0.05, 0) is 26.8 Å². The van der Waals surface area contributed by atoms with E-state index in [4.69, 9.17) is 14.2 Å². The summed E-state index contributed by atoms with van der Waals surface area (Å²) in [6, 6.07) is 0. The number of rotatable bonds is 8. The minimum atomic E-state index is -0.128. The molecule has 0 aromatic carbocycles. The van der Waals surface area contributed by atoms with Gasteiger partial charge in [0, 0.05) is 32.7 Å². The second kappa shape index (κ2) is 8.45. The third-order valence-electron chi connectivity index (χ3n) is 3.19. The van der Waals surface area contributed by atoms with Crippen molar-refractivity contribution in [2.24, 2.45) is 5.92 Å². The fourth-order valence-corrected chi connectivity index (χ4v) is 2.27. The van der Waals surface area contributed by atoms with Crippen molar-refractivity contribution in [1.82, 2.24) is 4.90 Å². The molecule has 1 fully saturated rings. The maximum atomic E-state index is 11.4. The molecular weight excluding hydrogens is 234 g/mol. The van der Waals surface area contributed by atoms with Gasteiger partial charge < -0.3 is 19.1 Å². The van der Waals surface area contributed by atoms with E-state index in [0.29, 0.717) is 13.2 Å². The standard InChI is InChI=1S/C13H25NO4/c1-4-17-12(18-5-2)7-9-14-8-6-11(10-14)13(15)16-3/h11-12H,4-10H2,1-3H3. The molecule has 1 saturated heterocycles. The van der Waals surface area contributed by atoms with Crippen LogP contribution in [0.3, 0.4) is 0 Å². The number of methoxy groups -OCH3 is 1. The molecule has 1 aliphatic rings. The fourth-order valence-electron chi connectivity index (χ4n) is 2.27. The van der Waals surface area contributed by atoms with Crippen molar-refractivity contribution in [2.45, 2.75) is 33.0 Å². The van der Waals surface area contributed by atoms with Gasteiger partial charge in [-0.2, -0.15) is 0 Å². The topological polar surface area (TPSA) is 48.0 Å². The van der Waals surface area contributed by atoms with E-state index in [1.165, 1.54) is 7.11 Å². The fraction of sp³-hybridized carbons (Fsp3) is 0.923. The van der Waals surface area contributed by atoms with Crippen molar-refractivity contribution in [3.8, 4) is 0 Å². The summed E-state index contributed by atoms with van der Waals surface area (Å²) in [4.78, 5) is 13.7. The van der Waals surface area contributed by atoms with Gasteiger partial charge in [0.05, 0.1) is 13.0 Å². The van der Waals surface area contributed by atoms with Crippen LogP contribution in [0.4, 0.5) is 0 Å². The lowest BCUT2D eigenvalue weighted by Crippen LogP contribution is -2.29. The molecule has 0 bridgehead atoms. The first kappa shape index (κ1) is 15.4. The van der Waals surface area contributed by atoms with Crippen LogP contribution >= 0.6 is 0 Å². The Bertz CT molecular complexity index is 241. The Balaban J connectivity index is 2.25. The molecule has 1 unspecified atom stereocenters. The molecular formula is C13H25NO4. The molecule has 5 nitrogen and oxygen atoms in total. The van der Waals surface area contributed by atoms with Crippen molar-refractivity contribution >= 4 is 5.97 Å². The minimum absolute atomic E-state index is 0.0348. The summed E-state index contributed by atoms with van der Waals surface area (Å²) in [6.07, 6.45) is 1.60. The Morgan fingerprint density at radius 2 is 2.00 bits per heavy atom. The average Bonchev–Trinajstić information content (AvgIpc) is 2.84. The van der Waals surface area contributed by atoms with Crippen LogP contribution in [0.2, 0.25) is 0 Å². The Morgan fingerprint density at radius 3 is 2.56 bits per heavy atom. The van der Waals surface area contributed by atoms with E-state index in [1.807, 2.05) is 13.8 Å². The number of carbonyl (C=O) groups is 1. The van der Waals surface area contributed by atoms with Crippen LogP contribution in [0.25, 0.3) is 0 Å². The van der Waals surface area contributed by atoms with Gasteiger partial charge in [0.25, 0.3) is 0 Å². The summed E-state index contributed by atoms with van der Waals surface area (Å²) in [7, 11) is 1.45. The van der Waals surface area contributed by atoms with Crippen LogP contribution in [0.15, 0.2) is 0 Å². The number of carbonyl (C=O) groups excluding carboxylic acids is 1. The van der Waals surface area contributed by atoms with E-state index >= 15 is 0 Å². The van der Waals surface area contributed by atoms with Crippen molar-refractivity contribution in [3.63, 3.8) is 0 Å². The van der Waals surface area contributed by atoms with Crippen molar-refractivity contribution in [3.05, 3.63) is 0 Å². The Morgan fingerprint density at radius 1 is 1.33 bits per heavy atom. The average molecular weight is 259 g/mol. The van der Waals surface area contributed by atoms with Crippen LogP contribution in [0, 0.1) is 5.92 Å². The number of hydrogen-bond donors (Lipinski definition) is 0.